The van der Waals surface area contributed by atoms with Crippen LogP contribution in [0.1, 0.15) is 70.9 Å². The van der Waals surface area contributed by atoms with Gasteiger partial charge in [-0.3, -0.25) is 14.6 Å². The largest absolute Gasteiger partial charge is 0.383 e. The molecule has 11 nitrogen and oxygen atoms in total. The molecule has 2 fully saturated rings. The number of aromatic nitrogens is 7. The maximum Gasteiger partial charge on any atom is 0.292 e. The number of nitrogens with two attached hydrogens (primary N) is 1. The summed E-state index contributed by atoms with van der Waals surface area (Å²) in [6.07, 6.45) is 8.12. The first-order valence-corrected chi connectivity index (χ1v) is 11.7. The average molecular weight is 472 g/mol. The molecule has 1 amide bonds. The molecule has 2 aliphatic heterocycles. The van der Waals surface area contributed by atoms with Gasteiger partial charge in [0, 0.05) is 41.0 Å². The van der Waals surface area contributed by atoms with Gasteiger partial charge in [-0.1, -0.05) is 6.07 Å². The number of fused-ring (bicyclic) bond motifs is 3. The molecule has 178 valence electrons. The van der Waals surface area contributed by atoms with Crippen molar-refractivity contribution in [1.82, 2.24) is 39.7 Å². The van der Waals surface area contributed by atoms with E-state index in [1.807, 2.05) is 24.0 Å². The van der Waals surface area contributed by atoms with Crippen LogP contribution in [0.2, 0.25) is 0 Å². The summed E-state index contributed by atoms with van der Waals surface area (Å²) in [7, 11) is 0. The number of carbonyl (C=O) groups excluding carboxylic acids is 2. The molecule has 3 atom stereocenters. The molecular weight excluding hydrogens is 446 g/mol. The highest BCUT2D eigenvalue weighted by Crippen LogP contribution is 2.45. The van der Waals surface area contributed by atoms with Crippen LogP contribution >= 0.6 is 0 Å². The van der Waals surface area contributed by atoms with Gasteiger partial charge in [-0.15, -0.1) is 10.2 Å². The average Bonchev–Trinajstić information content (AvgIpc) is 3.57. The van der Waals surface area contributed by atoms with Crippen molar-refractivity contribution in [2.75, 3.05) is 5.73 Å². The minimum Gasteiger partial charge on any atom is -0.383 e. The van der Waals surface area contributed by atoms with E-state index in [1.54, 1.807) is 12.4 Å². The topological polar surface area (TPSA) is 148 Å². The number of aryl methyl sites for hydroxylation is 1. The third kappa shape index (κ3) is 3.37. The Morgan fingerprint density at radius 1 is 1.14 bits per heavy atom. The van der Waals surface area contributed by atoms with E-state index in [1.165, 1.54) is 17.8 Å². The van der Waals surface area contributed by atoms with Gasteiger partial charge in [-0.2, -0.15) is 9.61 Å². The van der Waals surface area contributed by atoms with Crippen LogP contribution in [-0.4, -0.2) is 63.4 Å². The van der Waals surface area contributed by atoms with Crippen molar-refractivity contribution in [2.45, 2.75) is 57.5 Å². The van der Waals surface area contributed by atoms with E-state index < -0.39 is 0 Å². The number of nitrogens with zero attached hydrogens (tertiary/aromatic N) is 7. The molecule has 35 heavy (non-hydrogen) atoms. The van der Waals surface area contributed by atoms with Gasteiger partial charge in [0.25, 0.3) is 5.91 Å². The maximum absolute atomic E-state index is 13.0. The molecule has 4 aromatic rings. The van der Waals surface area contributed by atoms with Crippen molar-refractivity contribution < 1.29 is 9.59 Å². The van der Waals surface area contributed by atoms with Crippen molar-refractivity contribution in [1.29, 1.82) is 0 Å². The smallest absolute Gasteiger partial charge is 0.292 e. The van der Waals surface area contributed by atoms with Gasteiger partial charge in [0.05, 0.1) is 17.5 Å². The summed E-state index contributed by atoms with van der Waals surface area (Å²) in [5.74, 6) is 0.262. The van der Waals surface area contributed by atoms with Crippen LogP contribution in [-0.2, 0) is 0 Å². The third-order valence-corrected chi connectivity index (χ3v) is 7.26. The molecule has 0 saturated carbocycles. The summed E-state index contributed by atoms with van der Waals surface area (Å²) in [4.78, 5) is 39.9. The van der Waals surface area contributed by atoms with Crippen molar-refractivity contribution in [3.05, 3.63) is 53.6 Å². The number of piperidine rings is 1. The lowest BCUT2D eigenvalue weighted by atomic mass is 9.85. The first-order valence-electron chi connectivity index (χ1n) is 11.7. The van der Waals surface area contributed by atoms with Gasteiger partial charge in [0.1, 0.15) is 12.1 Å². The maximum atomic E-state index is 13.0. The van der Waals surface area contributed by atoms with E-state index >= 15 is 0 Å². The zero-order valence-corrected chi connectivity index (χ0v) is 19.5. The standard InChI is InChI=1S/C24H25N9O2/c1-12-3-4-14(9-26-12)18-10-29-33-21(25)19(13(2)34)20(30-23(18)33)15-7-16-5-6-17(8-15)32(16)24(35)22-27-11-28-31-22/h3-4,9-11,15-17H,5-8,25H2,1-2H3,(H,27,28,31)/t15-,16-,17+. The summed E-state index contributed by atoms with van der Waals surface area (Å²) in [5, 5.41) is 12.1. The lowest BCUT2D eigenvalue weighted by Crippen LogP contribution is -2.46. The number of anilines is 1. The van der Waals surface area contributed by atoms with Crippen molar-refractivity contribution in [2.24, 2.45) is 0 Å². The van der Waals surface area contributed by atoms with Crippen LogP contribution in [0.25, 0.3) is 16.8 Å². The Labute approximate surface area is 200 Å². The highest BCUT2D eigenvalue weighted by atomic mass is 16.2. The lowest BCUT2D eigenvalue weighted by molar-refractivity contribution is 0.0556. The van der Waals surface area contributed by atoms with Gasteiger partial charge in [0.15, 0.2) is 11.4 Å². The van der Waals surface area contributed by atoms with Crippen molar-refractivity contribution in [3.8, 4) is 11.1 Å². The number of hydrogen-bond acceptors (Lipinski definition) is 8. The predicted molar refractivity (Wildman–Crippen MR) is 127 cm³/mol. The SMILES string of the molecule is CC(=O)c1c([C@@H]2C[C@H]3CC[C@@H](C2)N3C(=O)c2nnc[nH]2)nc2c(-c3ccc(C)nc3)cnn2c1N. The van der Waals surface area contributed by atoms with Crippen LogP contribution in [0.3, 0.4) is 0 Å². The fraction of sp³-hybridized carbons (Fsp3) is 0.375. The minimum atomic E-state index is -0.145. The Kier molecular flexibility index (Phi) is 4.87. The number of nitrogen functional groups attached to an aromatic ring is 1. The molecule has 4 aromatic heterocycles. The van der Waals surface area contributed by atoms with Crippen molar-refractivity contribution in [3.63, 3.8) is 0 Å². The number of H-pyrrole nitrogens is 1. The molecular formula is C24H25N9O2. The first-order chi connectivity index (χ1) is 16.9. The molecule has 0 aliphatic carbocycles. The number of ketones is 1. The van der Waals surface area contributed by atoms with E-state index in [-0.39, 0.29) is 41.3 Å². The molecule has 0 aromatic carbocycles. The Hall–Kier alpha value is -4.15. The number of Topliss-reactive ketones (excluding diaryl/α,β-unsaturated/α-hetero) is 1. The Morgan fingerprint density at radius 3 is 2.54 bits per heavy atom. The highest BCUT2D eigenvalue weighted by Gasteiger charge is 2.45. The van der Waals surface area contributed by atoms with E-state index in [9.17, 15) is 9.59 Å². The molecule has 6 rings (SSSR count). The number of carbonyl (C=O) groups is 2. The number of aromatic amines is 1. The third-order valence-electron chi connectivity index (χ3n) is 7.26. The second kappa shape index (κ2) is 7.97. The molecule has 0 unspecified atom stereocenters. The van der Waals surface area contributed by atoms with Gasteiger partial charge >= 0.3 is 0 Å². The minimum absolute atomic E-state index is 0.00336. The molecule has 2 aliphatic rings. The first kappa shape index (κ1) is 21.4. The molecule has 2 saturated heterocycles. The summed E-state index contributed by atoms with van der Waals surface area (Å²) in [6.45, 7) is 3.44. The second-order valence-corrected chi connectivity index (χ2v) is 9.40. The Bertz CT molecular complexity index is 1430. The Balaban J connectivity index is 1.41. The highest BCUT2D eigenvalue weighted by molar-refractivity contribution is 6.00. The van der Waals surface area contributed by atoms with E-state index in [2.05, 4.69) is 25.3 Å². The van der Waals surface area contributed by atoms with Gasteiger partial charge < -0.3 is 15.6 Å². The summed E-state index contributed by atoms with van der Waals surface area (Å²) < 4.78 is 1.53. The number of amides is 1. The quantitative estimate of drug-likeness (QED) is 0.432. The van der Waals surface area contributed by atoms with E-state index in [4.69, 9.17) is 10.7 Å². The lowest BCUT2D eigenvalue weighted by Gasteiger charge is -2.38. The zero-order valence-electron chi connectivity index (χ0n) is 19.5. The Morgan fingerprint density at radius 2 is 1.91 bits per heavy atom. The molecule has 0 spiro atoms. The molecule has 3 N–H and O–H groups in total. The monoisotopic (exact) mass is 471 g/mol. The van der Waals surface area contributed by atoms with E-state index in [0.717, 1.165) is 29.7 Å². The molecule has 11 heteroatoms. The van der Waals surface area contributed by atoms with Crippen LogP contribution in [0, 0.1) is 6.92 Å². The number of rotatable bonds is 4. The van der Waals surface area contributed by atoms with Crippen LogP contribution in [0.5, 0.6) is 0 Å². The molecule has 0 radical (unpaired) electrons. The summed E-state index contributed by atoms with van der Waals surface area (Å²) >= 11 is 0. The fourth-order valence-corrected chi connectivity index (χ4v) is 5.68. The number of hydrogen-bond donors (Lipinski definition) is 2. The normalized spacial score (nSPS) is 21.5. The zero-order chi connectivity index (χ0) is 24.3. The summed E-state index contributed by atoms with van der Waals surface area (Å²) in [5.41, 5.74) is 10.8. The van der Waals surface area contributed by atoms with Gasteiger partial charge in [-0.05, 0) is 45.6 Å². The van der Waals surface area contributed by atoms with Crippen LogP contribution < -0.4 is 5.73 Å². The van der Waals surface area contributed by atoms with E-state index in [0.29, 0.717) is 29.7 Å². The number of nitrogens with one attached hydrogen (secondary N) is 1. The van der Waals surface area contributed by atoms with Crippen molar-refractivity contribution >= 4 is 23.2 Å². The fourth-order valence-electron chi connectivity index (χ4n) is 5.68. The van der Waals surface area contributed by atoms with Crippen LogP contribution in [0.4, 0.5) is 5.82 Å². The summed E-state index contributed by atoms with van der Waals surface area (Å²) in [6, 6.07) is 4.00. The van der Waals surface area contributed by atoms with Gasteiger partial charge in [-0.25, -0.2) is 4.98 Å². The molecule has 2 bridgehead atoms. The molecule has 6 heterocycles. The number of pyridine rings is 1. The van der Waals surface area contributed by atoms with Gasteiger partial charge in [0.2, 0.25) is 5.82 Å². The predicted octanol–water partition coefficient (Wildman–Crippen LogP) is 2.55. The van der Waals surface area contributed by atoms with Crippen LogP contribution in [0.15, 0.2) is 30.9 Å². The second-order valence-electron chi connectivity index (χ2n) is 9.40.